The molecular formula is C20H42N2O3. The quantitative estimate of drug-likeness (QED) is 0.284. The van der Waals surface area contributed by atoms with Gasteiger partial charge >= 0.3 is 6.03 Å². The fraction of sp³-hybridized carbons (Fsp3) is 0.950. The first-order valence-electron chi connectivity index (χ1n) is 10.4. The van der Waals surface area contributed by atoms with Crippen LogP contribution in [0.2, 0.25) is 0 Å². The fourth-order valence-corrected chi connectivity index (χ4v) is 3.57. The third-order valence-corrected chi connectivity index (χ3v) is 4.83. The summed E-state index contributed by atoms with van der Waals surface area (Å²) in [5.74, 6) is -0.155. The van der Waals surface area contributed by atoms with E-state index in [1.807, 2.05) is 13.8 Å². The summed E-state index contributed by atoms with van der Waals surface area (Å²) in [5.41, 5.74) is 5.16. The predicted octanol–water partition coefficient (Wildman–Crippen LogP) is 4.98. The Kier molecular flexibility index (Phi) is 14.9. The second-order valence-corrected chi connectivity index (χ2v) is 6.72. The molecule has 0 bridgehead atoms. The van der Waals surface area contributed by atoms with E-state index in [1.54, 1.807) is 0 Å². The number of nitrogens with two attached hydrogens (primary N) is 1. The van der Waals surface area contributed by atoms with Crippen LogP contribution in [0.25, 0.3) is 0 Å². The van der Waals surface area contributed by atoms with E-state index in [0.29, 0.717) is 25.7 Å². The van der Waals surface area contributed by atoms with Gasteiger partial charge in [0.2, 0.25) is 0 Å². The van der Waals surface area contributed by atoms with Crippen LogP contribution >= 0.6 is 0 Å². The molecule has 0 radical (unpaired) electrons. The van der Waals surface area contributed by atoms with E-state index >= 15 is 0 Å². The maximum Gasteiger partial charge on any atom is 0.312 e. The SMILES string of the molecule is CCCCCCCCC(CCCNC(N)=O)C(CC)(OCC)OCC. The van der Waals surface area contributed by atoms with Crippen molar-refractivity contribution in [2.75, 3.05) is 19.8 Å². The summed E-state index contributed by atoms with van der Waals surface area (Å²) in [6.07, 6.45) is 11.6. The molecule has 5 heteroatoms. The van der Waals surface area contributed by atoms with Gasteiger partial charge < -0.3 is 20.5 Å². The number of unbranched alkanes of at least 4 members (excludes halogenated alkanes) is 5. The molecule has 0 fully saturated rings. The van der Waals surface area contributed by atoms with Gasteiger partial charge in [0.15, 0.2) is 5.79 Å². The van der Waals surface area contributed by atoms with Crippen molar-refractivity contribution < 1.29 is 14.3 Å². The summed E-state index contributed by atoms with van der Waals surface area (Å²) in [7, 11) is 0. The van der Waals surface area contributed by atoms with Crippen LogP contribution in [0.3, 0.4) is 0 Å². The van der Waals surface area contributed by atoms with Gasteiger partial charge in [-0.2, -0.15) is 0 Å². The number of ether oxygens (including phenoxy) is 2. The number of urea groups is 1. The van der Waals surface area contributed by atoms with Crippen LogP contribution in [0.5, 0.6) is 0 Å². The average Bonchev–Trinajstić information content (AvgIpc) is 2.59. The molecule has 0 aliphatic heterocycles. The molecule has 2 amide bonds. The van der Waals surface area contributed by atoms with Crippen LogP contribution < -0.4 is 11.1 Å². The van der Waals surface area contributed by atoms with Crippen molar-refractivity contribution in [2.45, 2.75) is 97.7 Å². The minimum absolute atomic E-state index is 0.346. The van der Waals surface area contributed by atoms with Gasteiger partial charge in [0.1, 0.15) is 0 Å². The number of carbonyl (C=O) groups is 1. The zero-order valence-electron chi connectivity index (χ0n) is 17.1. The summed E-state index contributed by atoms with van der Waals surface area (Å²) in [4.78, 5) is 10.9. The van der Waals surface area contributed by atoms with Gasteiger partial charge in [0.25, 0.3) is 0 Å². The zero-order valence-corrected chi connectivity index (χ0v) is 17.1. The molecule has 0 heterocycles. The van der Waals surface area contributed by atoms with Crippen molar-refractivity contribution in [3.05, 3.63) is 0 Å². The molecule has 5 nitrogen and oxygen atoms in total. The molecule has 3 N–H and O–H groups in total. The highest BCUT2D eigenvalue weighted by Gasteiger charge is 2.38. The Morgan fingerprint density at radius 1 is 0.920 bits per heavy atom. The molecule has 0 aromatic rings. The maximum atomic E-state index is 10.9. The van der Waals surface area contributed by atoms with E-state index in [2.05, 4.69) is 19.2 Å². The van der Waals surface area contributed by atoms with Crippen molar-refractivity contribution in [3.63, 3.8) is 0 Å². The fourth-order valence-electron chi connectivity index (χ4n) is 3.57. The second-order valence-electron chi connectivity index (χ2n) is 6.72. The highest BCUT2D eigenvalue weighted by atomic mass is 16.7. The van der Waals surface area contributed by atoms with Gasteiger partial charge in [-0.25, -0.2) is 4.79 Å². The van der Waals surface area contributed by atoms with E-state index in [1.165, 1.54) is 38.5 Å². The lowest BCUT2D eigenvalue weighted by atomic mass is 9.86. The third kappa shape index (κ3) is 10.7. The molecule has 0 saturated carbocycles. The summed E-state index contributed by atoms with van der Waals surface area (Å²) in [6.45, 7) is 10.4. The van der Waals surface area contributed by atoms with Crippen LogP contribution in [0.4, 0.5) is 4.79 Å². The van der Waals surface area contributed by atoms with E-state index < -0.39 is 11.8 Å². The lowest BCUT2D eigenvalue weighted by molar-refractivity contribution is -0.268. The Morgan fingerprint density at radius 2 is 1.48 bits per heavy atom. The summed E-state index contributed by atoms with van der Waals surface area (Å²) >= 11 is 0. The molecule has 0 rings (SSSR count). The maximum absolute atomic E-state index is 10.9. The zero-order chi connectivity index (χ0) is 19.0. The third-order valence-electron chi connectivity index (χ3n) is 4.83. The number of nitrogens with one attached hydrogen (secondary N) is 1. The van der Waals surface area contributed by atoms with E-state index in [4.69, 9.17) is 15.2 Å². The van der Waals surface area contributed by atoms with Crippen molar-refractivity contribution in [2.24, 2.45) is 11.7 Å². The van der Waals surface area contributed by atoms with Gasteiger partial charge in [-0.15, -0.1) is 0 Å². The normalized spacial score (nSPS) is 13.0. The first kappa shape index (κ1) is 24.2. The highest BCUT2D eigenvalue weighted by molar-refractivity contribution is 5.71. The number of carbonyl (C=O) groups excluding carboxylic acids is 1. The standard InChI is InChI=1S/C20H42N2O3/c1-5-9-10-11-12-13-15-18(16-14-17-22-19(21)23)20(6-2,24-7-3)25-8-4/h18H,5-17H2,1-4H3,(H3,21,22,23). The van der Waals surface area contributed by atoms with Crippen LogP contribution in [-0.2, 0) is 9.47 Å². The van der Waals surface area contributed by atoms with Gasteiger partial charge in [-0.3, -0.25) is 0 Å². The molecular weight excluding hydrogens is 316 g/mol. The molecule has 0 aliphatic rings. The lowest BCUT2D eigenvalue weighted by Crippen LogP contribution is -2.44. The van der Waals surface area contributed by atoms with Crippen molar-refractivity contribution >= 4 is 6.03 Å². The van der Waals surface area contributed by atoms with Crippen LogP contribution in [-0.4, -0.2) is 31.6 Å². The minimum atomic E-state index is -0.500. The van der Waals surface area contributed by atoms with Crippen LogP contribution in [0.1, 0.15) is 91.9 Å². The van der Waals surface area contributed by atoms with Crippen LogP contribution in [0.15, 0.2) is 0 Å². The highest BCUT2D eigenvalue weighted by Crippen LogP contribution is 2.35. The van der Waals surface area contributed by atoms with Crippen molar-refractivity contribution in [1.82, 2.24) is 5.32 Å². The van der Waals surface area contributed by atoms with Gasteiger partial charge in [0.05, 0.1) is 0 Å². The predicted molar refractivity (Wildman–Crippen MR) is 105 cm³/mol. The largest absolute Gasteiger partial charge is 0.352 e. The van der Waals surface area contributed by atoms with Crippen molar-refractivity contribution in [1.29, 1.82) is 0 Å². The van der Waals surface area contributed by atoms with E-state index in [-0.39, 0.29) is 0 Å². The molecule has 0 aromatic heterocycles. The summed E-state index contributed by atoms with van der Waals surface area (Å²) in [5, 5.41) is 2.68. The molecule has 150 valence electrons. The topological polar surface area (TPSA) is 73.6 Å². The number of amides is 2. The van der Waals surface area contributed by atoms with Crippen molar-refractivity contribution in [3.8, 4) is 0 Å². The number of hydrogen-bond acceptors (Lipinski definition) is 3. The summed E-state index contributed by atoms with van der Waals surface area (Å²) in [6, 6.07) is -0.455. The molecule has 0 spiro atoms. The van der Waals surface area contributed by atoms with E-state index in [0.717, 1.165) is 25.7 Å². The Morgan fingerprint density at radius 3 is 2.00 bits per heavy atom. The first-order valence-corrected chi connectivity index (χ1v) is 10.4. The Balaban J connectivity index is 4.67. The average molecular weight is 359 g/mol. The molecule has 1 unspecified atom stereocenters. The number of hydrogen-bond donors (Lipinski definition) is 2. The first-order chi connectivity index (χ1) is 12.1. The summed E-state index contributed by atoms with van der Waals surface area (Å²) < 4.78 is 12.2. The molecule has 0 saturated heterocycles. The van der Waals surface area contributed by atoms with E-state index in [9.17, 15) is 4.79 Å². The van der Waals surface area contributed by atoms with Crippen LogP contribution in [0, 0.1) is 5.92 Å². The molecule has 25 heavy (non-hydrogen) atoms. The molecule has 0 aromatic carbocycles. The number of primary amides is 1. The smallest absolute Gasteiger partial charge is 0.312 e. The molecule has 1 atom stereocenters. The minimum Gasteiger partial charge on any atom is -0.352 e. The second kappa shape index (κ2) is 15.4. The number of rotatable bonds is 17. The van der Waals surface area contributed by atoms with Gasteiger partial charge in [0, 0.05) is 25.7 Å². The Hall–Kier alpha value is -0.810. The van der Waals surface area contributed by atoms with Gasteiger partial charge in [-0.05, 0) is 39.5 Å². The molecule has 0 aliphatic carbocycles. The lowest BCUT2D eigenvalue weighted by Gasteiger charge is -2.40. The Labute approximate surface area is 155 Å². The monoisotopic (exact) mass is 358 g/mol. The Bertz CT molecular complexity index is 318. The van der Waals surface area contributed by atoms with Gasteiger partial charge in [-0.1, -0.05) is 52.4 Å².